The van der Waals surface area contributed by atoms with Gasteiger partial charge in [0.1, 0.15) is 0 Å². The largest absolute Gasteiger partial charge is 0.382 e. The third-order valence-corrected chi connectivity index (χ3v) is 4.20. The highest BCUT2D eigenvalue weighted by molar-refractivity contribution is 5.45. The lowest BCUT2D eigenvalue weighted by Gasteiger charge is -2.31. The second kappa shape index (κ2) is 7.33. The first-order valence-corrected chi connectivity index (χ1v) is 7.89. The molecule has 0 aromatic heterocycles. The lowest BCUT2D eigenvalue weighted by Crippen LogP contribution is -2.27. The molecule has 1 aromatic rings. The maximum absolute atomic E-state index is 8.69. The van der Waals surface area contributed by atoms with Crippen molar-refractivity contribution in [2.24, 2.45) is 11.8 Å². The molecule has 1 aliphatic rings. The fourth-order valence-electron chi connectivity index (χ4n) is 3.35. The average molecular weight is 270 g/mol. The van der Waals surface area contributed by atoms with Crippen LogP contribution in [0.25, 0.3) is 0 Å². The van der Waals surface area contributed by atoms with Gasteiger partial charge in [-0.15, -0.1) is 0 Å². The van der Waals surface area contributed by atoms with Gasteiger partial charge in [-0.1, -0.05) is 38.8 Å². The molecule has 2 nitrogen and oxygen atoms in total. The van der Waals surface area contributed by atoms with Crippen LogP contribution in [0.3, 0.4) is 0 Å². The Kier molecular flexibility index (Phi) is 5.47. The van der Waals surface area contributed by atoms with E-state index in [0.717, 1.165) is 17.4 Å². The van der Waals surface area contributed by atoms with Crippen molar-refractivity contribution in [1.29, 1.82) is 5.26 Å². The van der Waals surface area contributed by atoms with Crippen molar-refractivity contribution >= 4 is 5.69 Å². The van der Waals surface area contributed by atoms with Gasteiger partial charge >= 0.3 is 0 Å². The van der Waals surface area contributed by atoms with E-state index in [2.05, 4.69) is 49.5 Å². The molecule has 0 radical (unpaired) electrons. The third kappa shape index (κ3) is 4.56. The summed E-state index contributed by atoms with van der Waals surface area (Å²) in [6, 6.07) is 11.1. The molecule has 0 bridgehead atoms. The number of rotatable bonds is 5. The van der Waals surface area contributed by atoms with Crippen LogP contribution in [-0.2, 0) is 6.42 Å². The summed E-state index contributed by atoms with van der Waals surface area (Å²) in [6.45, 7) is 4.65. The Morgan fingerprint density at radius 3 is 2.65 bits per heavy atom. The Bertz CT molecular complexity index is 441. The van der Waals surface area contributed by atoms with Crippen LogP contribution >= 0.6 is 0 Å². The van der Waals surface area contributed by atoms with Crippen molar-refractivity contribution < 1.29 is 0 Å². The van der Waals surface area contributed by atoms with Crippen molar-refractivity contribution in [1.82, 2.24) is 0 Å². The van der Waals surface area contributed by atoms with Crippen LogP contribution in [-0.4, -0.2) is 6.04 Å². The molecule has 0 amide bonds. The van der Waals surface area contributed by atoms with Crippen LogP contribution in [0.15, 0.2) is 24.3 Å². The van der Waals surface area contributed by atoms with E-state index < -0.39 is 0 Å². The van der Waals surface area contributed by atoms with Gasteiger partial charge in [0.05, 0.1) is 12.5 Å². The van der Waals surface area contributed by atoms with Gasteiger partial charge < -0.3 is 5.32 Å². The standard InChI is InChI=1S/C18H26N2/c1-14(2)12-16-4-3-5-18(13-16)20-17-8-6-15(7-9-17)10-11-19/h6-9,14,16,18,20H,3-5,10,12-13H2,1-2H3. The van der Waals surface area contributed by atoms with E-state index in [1.807, 2.05) is 0 Å². The van der Waals surface area contributed by atoms with Crippen LogP contribution < -0.4 is 5.32 Å². The molecule has 0 aliphatic heterocycles. The summed E-state index contributed by atoms with van der Waals surface area (Å²) in [5.74, 6) is 1.70. The second-order valence-corrected chi connectivity index (χ2v) is 6.54. The summed E-state index contributed by atoms with van der Waals surface area (Å²) >= 11 is 0. The Hall–Kier alpha value is -1.49. The average Bonchev–Trinajstić information content (AvgIpc) is 2.41. The minimum absolute atomic E-state index is 0.500. The molecule has 1 aromatic carbocycles. The third-order valence-electron chi connectivity index (χ3n) is 4.20. The predicted molar refractivity (Wildman–Crippen MR) is 84.6 cm³/mol. The minimum Gasteiger partial charge on any atom is -0.382 e. The molecule has 1 aliphatic carbocycles. The van der Waals surface area contributed by atoms with Crippen LogP contribution in [0, 0.1) is 23.2 Å². The summed E-state index contributed by atoms with van der Waals surface area (Å²) in [4.78, 5) is 0. The summed E-state index contributed by atoms with van der Waals surface area (Å²) in [5.41, 5.74) is 2.29. The van der Waals surface area contributed by atoms with Gasteiger partial charge in [-0.2, -0.15) is 5.26 Å². The zero-order valence-corrected chi connectivity index (χ0v) is 12.7. The second-order valence-electron chi connectivity index (χ2n) is 6.54. The molecule has 20 heavy (non-hydrogen) atoms. The first kappa shape index (κ1) is 14.9. The summed E-state index contributed by atoms with van der Waals surface area (Å²) < 4.78 is 0. The zero-order chi connectivity index (χ0) is 14.4. The lowest BCUT2D eigenvalue weighted by molar-refractivity contribution is 0.289. The van der Waals surface area contributed by atoms with E-state index >= 15 is 0 Å². The summed E-state index contributed by atoms with van der Waals surface area (Å²) in [6.07, 6.45) is 7.20. The molecular formula is C18H26N2. The Morgan fingerprint density at radius 2 is 2.00 bits per heavy atom. The first-order valence-electron chi connectivity index (χ1n) is 7.89. The molecule has 2 rings (SSSR count). The van der Waals surface area contributed by atoms with Crippen LogP contribution in [0.2, 0.25) is 0 Å². The molecule has 1 fully saturated rings. The van der Waals surface area contributed by atoms with E-state index in [0.29, 0.717) is 12.5 Å². The molecule has 2 atom stereocenters. The van der Waals surface area contributed by atoms with Crippen molar-refractivity contribution in [2.45, 2.75) is 58.4 Å². The Labute approximate surface area is 123 Å². The van der Waals surface area contributed by atoms with Crippen LogP contribution in [0.1, 0.15) is 51.5 Å². The predicted octanol–water partition coefficient (Wildman–Crippen LogP) is 4.77. The molecular weight excluding hydrogens is 244 g/mol. The Balaban J connectivity index is 1.87. The summed E-state index contributed by atoms with van der Waals surface area (Å²) in [5, 5.41) is 12.4. The number of anilines is 1. The van der Waals surface area contributed by atoms with Crippen molar-refractivity contribution in [3.05, 3.63) is 29.8 Å². The molecule has 1 saturated carbocycles. The number of nitrogens with one attached hydrogen (secondary N) is 1. The van der Waals surface area contributed by atoms with Crippen LogP contribution in [0.4, 0.5) is 5.69 Å². The van der Waals surface area contributed by atoms with Crippen LogP contribution in [0.5, 0.6) is 0 Å². The minimum atomic E-state index is 0.500. The van der Waals surface area contributed by atoms with Gasteiger partial charge in [0.15, 0.2) is 0 Å². The number of hydrogen-bond donors (Lipinski definition) is 1. The molecule has 0 heterocycles. The van der Waals surface area contributed by atoms with Gasteiger partial charge in [0.25, 0.3) is 0 Å². The highest BCUT2D eigenvalue weighted by Crippen LogP contribution is 2.31. The van der Waals surface area contributed by atoms with E-state index in [1.165, 1.54) is 37.8 Å². The number of hydrogen-bond acceptors (Lipinski definition) is 2. The van der Waals surface area contributed by atoms with Gasteiger partial charge in [-0.05, 0) is 48.8 Å². The van der Waals surface area contributed by atoms with Crippen molar-refractivity contribution in [2.75, 3.05) is 5.32 Å². The number of benzene rings is 1. The highest BCUT2D eigenvalue weighted by atomic mass is 14.9. The zero-order valence-electron chi connectivity index (χ0n) is 12.7. The SMILES string of the molecule is CC(C)CC1CCCC(Nc2ccc(CC#N)cc2)C1. The van der Waals surface area contributed by atoms with Gasteiger partial charge in [-0.3, -0.25) is 0 Å². The molecule has 108 valence electrons. The van der Waals surface area contributed by atoms with Crippen molar-refractivity contribution in [3.63, 3.8) is 0 Å². The number of nitriles is 1. The fraction of sp³-hybridized carbons (Fsp3) is 0.611. The normalized spacial score (nSPS) is 22.5. The van der Waals surface area contributed by atoms with Gasteiger partial charge in [0.2, 0.25) is 0 Å². The summed E-state index contributed by atoms with van der Waals surface area (Å²) in [7, 11) is 0. The molecule has 1 N–H and O–H groups in total. The fourth-order valence-corrected chi connectivity index (χ4v) is 3.35. The molecule has 0 saturated heterocycles. The van der Waals surface area contributed by atoms with Gasteiger partial charge in [-0.25, -0.2) is 0 Å². The molecule has 2 heteroatoms. The molecule has 0 spiro atoms. The highest BCUT2D eigenvalue weighted by Gasteiger charge is 2.22. The quantitative estimate of drug-likeness (QED) is 0.836. The molecule has 2 unspecified atom stereocenters. The lowest BCUT2D eigenvalue weighted by atomic mass is 9.81. The van der Waals surface area contributed by atoms with E-state index in [-0.39, 0.29) is 0 Å². The topological polar surface area (TPSA) is 35.8 Å². The van der Waals surface area contributed by atoms with E-state index in [9.17, 15) is 0 Å². The smallest absolute Gasteiger partial charge is 0.0669 e. The van der Waals surface area contributed by atoms with Gasteiger partial charge in [0, 0.05) is 11.7 Å². The first-order chi connectivity index (χ1) is 9.67. The maximum Gasteiger partial charge on any atom is 0.0669 e. The number of nitrogens with zero attached hydrogens (tertiary/aromatic N) is 1. The van der Waals surface area contributed by atoms with E-state index in [1.54, 1.807) is 0 Å². The Morgan fingerprint density at radius 1 is 1.25 bits per heavy atom. The maximum atomic E-state index is 8.69. The van der Waals surface area contributed by atoms with Crippen molar-refractivity contribution in [3.8, 4) is 6.07 Å². The monoisotopic (exact) mass is 270 g/mol. The van der Waals surface area contributed by atoms with E-state index in [4.69, 9.17) is 5.26 Å².